The van der Waals surface area contributed by atoms with Crippen LogP contribution < -0.4 is 5.32 Å². The lowest BCUT2D eigenvalue weighted by Crippen LogP contribution is -2.22. The van der Waals surface area contributed by atoms with Gasteiger partial charge in [-0.05, 0) is 31.8 Å². The highest BCUT2D eigenvalue weighted by Crippen LogP contribution is 2.23. The Kier molecular flexibility index (Phi) is 5.29. The van der Waals surface area contributed by atoms with Crippen molar-refractivity contribution >= 4 is 11.6 Å². The van der Waals surface area contributed by atoms with E-state index in [1.165, 1.54) is 0 Å². The maximum Gasteiger partial charge on any atom is 0.0849 e. The quantitative estimate of drug-likeness (QED) is 0.832. The summed E-state index contributed by atoms with van der Waals surface area (Å²) in [7, 11) is 1.97. The van der Waals surface area contributed by atoms with E-state index in [0.717, 1.165) is 42.3 Å². The van der Waals surface area contributed by atoms with Crippen LogP contribution in [0, 0.1) is 5.92 Å². The average molecular weight is 244 g/mol. The highest BCUT2D eigenvalue weighted by atomic mass is 35.5. The molecule has 0 spiro atoms. The van der Waals surface area contributed by atoms with Gasteiger partial charge in [-0.2, -0.15) is 5.10 Å². The van der Waals surface area contributed by atoms with Crippen molar-refractivity contribution in [2.45, 2.75) is 33.6 Å². The van der Waals surface area contributed by atoms with Gasteiger partial charge >= 0.3 is 0 Å². The Morgan fingerprint density at radius 3 is 2.62 bits per heavy atom. The predicted molar refractivity (Wildman–Crippen MR) is 69.0 cm³/mol. The van der Waals surface area contributed by atoms with Crippen LogP contribution in [0.15, 0.2) is 0 Å². The topological polar surface area (TPSA) is 29.9 Å². The summed E-state index contributed by atoms with van der Waals surface area (Å²) in [6.45, 7) is 8.49. The summed E-state index contributed by atoms with van der Waals surface area (Å²) in [5.41, 5.74) is 2.17. The molecule has 0 aromatic carbocycles. The van der Waals surface area contributed by atoms with E-state index in [9.17, 15) is 0 Å². The number of aromatic nitrogens is 2. The number of halogens is 1. The van der Waals surface area contributed by atoms with E-state index in [1.54, 1.807) is 0 Å². The van der Waals surface area contributed by atoms with Crippen molar-refractivity contribution < 1.29 is 0 Å². The van der Waals surface area contributed by atoms with E-state index in [0.29, 0.717) is 5.92 Å². The normalized spacial score (nSPS) is 13.1. The molecule has 3 nitrogen and oxygen atoms in total. The average Bonchev–Trinajstić information content (AvgIpc) is 2.53. The van der Waals surface area contributed by atoms with Crippen LogP contribution in [0.4, 0.5) is 0 Å². The first-order valence-electron chi connectivity index (χ1n) is 6.01. The fourth-order valence-corrected chi connectivity index (χ4v) is 2.21. The Morgan fingerprint density at radius 2 is 2.12 bits per heavy atom. The smallest absolute Gasteiger partial charge is 0.0849 e. The van der Waals surface area contributed by atoms with E-state index in [4.69, 9.17) is 11.6 Å². The van der Waals surface area contributed by atoms with Crippen molar-refractivity contribution in [3.8, 4) is 0 Å². The predicted octanol–water partition coefficient (Wildman–Crippen LogP) is 2.42. The monoisotopic (exact) mass is 243 g/mol. The molecule has 0 amide bonds. The van der Waals surface area contributed by atoms with Gasteiger partial charge in [-0.25, -0.2) is 0 Å². The minimum atomic E-state index is 0.581. The molecular formula is C12H22ClN3. The lowest BCUT2D eigenvalue weighted by molar-refractivity contribution is 0.504. The zero-order valence-electron chi connectivity index (χ0n) is 10.7. The number of aryl methyl sites for hydroxylation is 2. The maximum atomic E-state index is 6.30. The minimum absolute atomic E-state index is 0.581. The first-order valence-corrected chi connectivity index (χ1v) is 6.38. The summed E-state index contributed by atoms with van der Waals surface area (Å²) in [6.07, 6.45) is 1.88. The highest BCUT2D eigenvalue weighted by molar-refractivity contribution is 6.31. The van der Waals surface area contributed by atoms with Gasteiger partial charge in [0.1, 0.15) is 0 Å². The third kappa shape index (κ3) is 3.22. The van der Waals surface area contributed by atoms with Gasteiger partial charge in [0.25, 0.3) is 0 Å². The number of hydrogen-bond acceptors (Lipinski definition) is 2. The number of rotatable bonds is 6. The summed E-state index contributed by atoms with van der Waals surface area (Å²) < 4.78 is 1.92. The molecule has 0 bridgehead atoms. The second kappa shape index (κ2) is 6.26. The van der Waals surface area contributed by atoms with Crippen molar-refractivity contribution in [2.75, 3.05) is 13.1 Å². The molecule has 0 aliphatic heterocycles. The molecule has 1 aromatic heterocycles. The Bertz CT molecular complexity index is 333. The standard InChI is InChI=1S/C12H22ClN3/c1-5-10-12(13)11(16(4)15-10)7-9(3)8-14-6-2/h9,14H,5-8H2,1-4H3. The summed E-state index contributed by atoms with van der Waals surface area (Å²) in [5, 5.41) is 8.64. The van der Waals surface area contributed by atoms with Gasteiger partial charge < -0.3 is 5.32 Å². The molecule has 4 heteroatoms. The minimum Gasteiger partial charge on any atom is -0.317 e. The fraction of sp³-hybridized carbons (Fsp3) is 0.750. The van der Waals surface area contributed by atoms with Gasteiger partial charge in [0.2, 0.25) is 0 Å². The zero-order chi connectivity index (χ0) is 12.1. The molecule has 1 N–H and O–H groups in total. The molecule has 1 aromatic rings. The van der Waals surface area contributed by atoms with Crippen LogP contribution in [0.1, 0.15) is 32.2 Å². The fourth-order valence-electron chi connectivity index (χ4n) is 1.83. The van der Waals surface area contributed by atoms with E-state index in [-0.39, 0.29) is 0 Å². The Labute approximate surface area is 103 Å². The van der Waals surface area contributed by atoms with Gasteiger partial charge in [-0.1, -0.05) is 32.4 Å². The van der Waals surface area contributed by atoms with Gasteiger partial charge in [0.15, 0.2) is 0 Å². The third-order valence-electron chi connectivity index (χ3n) is 2.79. The van der Waals surface area contributed by atoms with Crippen LogP contribution >= 0.6 is 11.6 Å². The van der Waals surface area contributed by atoms with Crippen LogP contribution in [-0.2, 0) is 19.9 Å². The second-order valence-corrected chi connectivity index (χ2v) is 4.68. The summed E-state index contributed by atoms with van der Waals surface area (Å²) in [4.78, 5) is 0. The van der Waals surface area contributed by atoms with E-state index >= 15 is 0 Å². The number of nitrogens with zero attached hydrogens (tertiary/aromatic N) is 2. The van der Waals surface area contributed by atoms with Crippen molar-refractivity contribution in [2.24, 2.45) is 13.0 Å². The highest BCUT2D eigenvalue weighted by Gasteiger charge is 2.15. The molecule has 16 heavy (non-hydrogen) atoms. The molecule has 0 saturated heterocycles. The molecule has 1 heterocycles. The van der Waals surface area contributed by atoms with Crippen LogP contribution in [-0.4, -0.2) is 22.9 Å². The molecule has 1 unspecified atom stereocenters. The van der Waals surface area contributed by atoms with Gasteiger partial charge in [0, 0.05) is 7.05 Å². The SMILES string of the molecule is CCNCC(C)Cc1c(Cl)c(CC)nn1C. The van der Waals surface area contributed by atoms with Gasteiger partial charge in [-0.3, -0.25) is 4.68 Å². The van der Waals surface area contributed by atoms with Crippen LogP contribution in [0.3, 0.4) is 0 Å². The first kappa shape index (κ1) is 13.5. The lowest BCUT2D eigenvalue weighted by Gasteiger charge is -2.12. The van der Waals surface area contributed by atoms with Crippen molar-refractivity contribution in [1.29, 1.82) is 0 Å². The number of nitrogens with one attached hydrogen (secondary N) is 1. The van der Waals surface area contributed by atoms with E-state index < -0.39 is 0 Å². The maximum absolute atomic E-state index is 6.30. The molecule has 1 atom stereocenters. The van der Waals surface area contributed by atoms with E-state index in [2.05, 4.69) is 31.2 Å². The van der Waals surface area contributed by atoms with Gasteiger partial charge in [0.05, 0.1) is 16.4 Å². The molecule has 92 valence electrons. The molecule has 0 aliphatic rings. The van der Waals surface area contributed by atoms with Crippen LogP contribution in [0.2, 0.25) is 5.02 Å². The Hall–Kier alpha value is -0.540. The largest absolute Gasteiger partial charge is 0.317 e. The van der Waals surface area contributed by atoms with Crippen LogP contribution in [0.25, 0.3) is 0 Å². The van der Waals surface area contributed by atoms with Gasteiger partial charge in [-0.15, -0.1) is 0 Å². The summed E-state index contributed by atoms with van der Waals surface area (Å²) in [6, 6.07) is 0. The summed E-state index contributed by atoms with van der Waals surface area (Å²) >= 11 is 6.30. The van der Waals surface area contributed by atoms with Crippen molar-refractivity contribution in [3.63, 3.8) is 0 Å². The summed E-state index contributed by atoms with van der Waals surface area (Å²) in [5.74, 6) is 0.581. The van der Waals surface area contributed by atoms with Crippen molar-refractivity contribution in [3.05, 3.63) is 16.4 Å². The lowest BCUT2D eigenvalue weighted by atomic mass is 10.1. The van der Waals surface area contributed by atoms with Crippen LogP contribution in [0.5, 0.6) is 0 Å². The first-order chi connectivity index (χ1) is 7.60. The molecule has 0 radical (unpaired) electrons. The molecular weight excluding hydrogens is 222 g/mol. The second-order valence-electron chi connectivity index (χ2n) is 4.30. The number of hydrogen-bond donors (Lipinski definition) is 1. The molecule has 0 saturated carbocycles. The molecule has 0 fully saturated rings. The van der Waals surface area contributed by atoms with E-state index in [1.807, 2.05) is 11.7 Å². The molecule has 0 aliphatic carbocycles. The Balaban J connectivity index is 2.69. The zero-order valence-corrected chi connectivity index (χ0v) is 11.4. The molecule has 1 rings (SSSR count). The van der Waals surface area contributed by atoms with Crippen molar-refractivity contribution in [1.82, 2.24) is 15.1 Å². The Morgan fingerprint density at radius 1 is 1.44 bits per heavy atom. The third-order valence-corrected chi connectivity index (χ3v) is 3.22.